The first kappa shape index (κ1) is 14.2. The number of thioether (sulfide) groups is 1. The van der Waals surface area contributed by atoms with Crippen LogP contribution in [0.3, 0.4) is 0 Å². The molecule has 1 saturated heterocycles. The highest BCUT2D eigenvalue weighted by molar-refractivity contribution is 8.00. The fraction of sp³-hybridized carbons (Fsp3) is 0.929. The summed E-state index contributed by atoms with van der Waals surface area (Å²) in [6, 6.07) is 2.53. The van der Waals surface area contributed by atoms with E-state index < -0.39 is 0 Å². The lowest BCUT2D eigenvalue weighted by Crippen LogP contribution is -2.48. The second-order valence-electron chi connectivity index (χ2n) is 5.48. The molecule has 1 heterocycles. The summed E-state index contributed by atoms with van der Waals surface area (Å²) in [7, 11) is 0. The van der Waals surface area contributed by atoms with Crippen molar-refractivity contribution in [1.82, 2.24) is 5.32 Å². The largest absolute Gasteiger partial charge is 0.377 e. The quantitative estimate of drug-likeness (QED) is 0.851. The van der Waals surface area contributed by atoms with Crippen molar-refractivity contribution in [3.63, 3.8) is 0 Å². The Balaban J connectivity index is 1.92. The van der Waals surface area contributed by atoms with Gasteiger partial charge in [0.05, 0.1) is 12.2 Å². The van der Waals surface area contributed by atoms with Crippen LogP contribution in [0.2, 0.25) is 0 Å². The van der Waals surface area contributed by atoms with Gasteiger partial charge in [-0.1, -0.05) is 6.92 Å². The minimum absolute atomic E-state index is 0.270. The van der Waals surface area contributed by atoms with Gasteiger partial charge in [0.2, 0.25) is 0 Å². The number of hydrogen-bond donors (Lipinski definition) is 1. The van der Waals surface area contributed by atoms with E-state index in [1.165, 1.54) is 19.3 Å². The molecule has 1 saturated carbocycles. The van der Waals surface area contributed by atoms with Crippen LogP contribution >= 0.6 is 11.8 Å². The number of nitriles is 1. The van der Waals surface area contributed by atoms with Crippen LogP contribution in [0.1, 0.15) is 46.0 Å². The van der Waals surface area contributed by atoms with Crippen molar-refractivity contribution < 1.29 is 4.74 Å². The molecule has 18 heavy (non-hydrogen) atoms. The van der Waals surface area contributed by atoms with Crippen LogP contribution in [0.5, 0.6) is 0 Å². The highest BCUT2D eigenvalue weighted by Gasteiger charge is 2.38. The predicted octanol–water partition coefficient (Wildman–Crippen LogP) is 2.71. The molecule has 0 aromatic heterocycles. The third-order valence-corrected chi connectivity index (χ3v) is 5.86. The van der Waals surface area contributed by atoms with Crippen LogP contribution in [-0.2, 0) is 4.74 Å². The molecule has 0 aromatic rings. The molecular formula is C14H24N2OS. The molecule has 1 N–H and O–H groups in total. The molecule has 2 aliphatic rings. The van der Waals surface area contributed by atoms with Crippen LogP contribution in [-0.4, -0.2) is 35.3 Å². The van der Waals surface area contributed by atoms with Crippen molar-refractivity contribution in [2.75, 3.05) is 13.2 Å². The van der Waals surface area contributed by atoms with E-state index in [-0.39, 0.29) is 5.54 Å². The third-order valence-electron chi connectivity index (χ3n) is 4.11. The second-order valence-corrected chi connectivity index (χ2v) is 7.03. The number of hydrogen-bond acceptors (Lipinski definition) is 4. The van der Waals surface area contributed by atoms with Gasteiger partial charge < -0.3 is 4.74 Å². The highest BCUT2D eigenvalue weighted by atomic mass is 32.2. The van der Waals surface area contributed by atoms with Gasteiger partial charge in [0.1, 0.15) is 5.54 Å². The Kier molecular flexibility index (Phi) is 4.94. The summed E-state index contributed by atoms with van der Waals surface area (Å²) in [5, 5.41) is 14.1. The lowest BCUT2D eigenvalue weighted by Gasteiger charge is -2.37. The Labute approximate surface area is 115 Å². The first-order valence-corrected chi connectivity index (χ1v) is 8.07. The Morgan fingerprint density at radius 1 is 1.50 bits per heavy atom. The highest BCUT2D eigenvalue weighted by Crippen LogP contribution is 2.39. The Morgan fingerprint density at radius 3 is 2.94 bits per heavy atom. The van der Waals surface area contributed by atoms with E-state index in [1.54, 1.807) is 0 Å². The number of nitrogens with one attached hydrogen (secondary N) is 1. The van der Waals surface area contributed by atoms with Crippen LogP contribution in [0.25, 0.3) is 0 Å². The SMILES string of the molecule is CCNC1(C#N)CCCC(SC2CCOC2C)C1. The molecule has 0 spiro atoms. The first-order chi connectivity index (χ1) is 8.69. The van der Waals surface area contributed by atoms with Crippen LogP contribution in [0, 0.1) is 11.3 Å². The number of ether oxygens (including phenoxy) is 1. The maximum Gasteiger partial charge on any atom is 0.107 e. The maximum absolute atomic E-state index is 9.46. The molecule has 0 bridgehead atoms. The van der Waals surface area contributed by atoms with Crippen LogP contribution < -0.4 is 5.32 Å². The fourth-order valence-corrected chi connectivity index (χ4v) is 4.83. The van der Waals surface area contributed by atoms with Crippen molar-refractivity contribution in [3.05, 3.63) is 0 Å². The van der Waals surface area contributed by atoms with Crippen LogP contribution in [0.15, 0.2) is 0 Å². The van der Waals surface area contributed by atoms with E-state index in [1.807, 2.05) is 0 Å². The first-order valence-electron chi connectivity index (χ1n) is 7.12. The zero-order chi connectivity index (χ0) is 13.0. The Morgan fingerprint density at radius 2 is 2.33 bits per heavy atom. The molecule has 1 aliphatic carbocycles. The van der Waals surface area contributed by atoms with Gasteiger partial charge in [-0.05, 0) is 45.6 Å². The van der Waals surface area contributed by atoms with Gasteiger partial charge in [-0.3, -0.25) is 5.32 Å². The average molecular weight is 268 g/mol. The minimum Gasteiger partial charge on any atom is -0.377 e. The molecular weight excluding hydrogens is 244 g/mol. The normalized spacial score (nSPS) is 40.6. The minimum atomic E-state index is -0.270. The summed E-state index contributed by atoms with van der Waals surface area (Å²) in [6.07, 6.45) is 5.97. The monoisotopic (exact) mass is 268 g/mol. The van der Waals surface area contributed by atoms with Crippen LogP contribution in [0.4, 0.5) is 0 Å². The summed E-state index contributed by atoms with van der Waals surface area (Å²) in [6.45, 7) is 6.05. The summed E-state index contributed by atoms with van der Waals surface area (Å²) >= 11 is 2.06. The molecule has 3 nitrogen and oxygen atoms in total. The van der Waals surface area contributed by atoms with Crippen molar-refractivity contribution >= 4 is 11.8 Å². The number of nitrogens with zero attached hydrogens (tertiary/aromatic N) is 1. The van der Waals surface area contributed by atoms with Gasteiger partial charge in [-0.25, -0.2) is 0 Å². The summed E-state index contributed by atoms with van der Waals surface area (Å²) in [5.74, 6) is 0. The fourth-order valence-electron chi connectivity index (χ4n) is 3.12. The standard InChI is InChI=1S/C14H24N2OS/c1-3-16-14(10-15)7-4-5-12(9-14)18-13-6-8-17-11(13)2/h11-13,16H,3-9H2,1-2H3. The predicted molar refractivity (Wildman–Crippen MR) is 75.7 cm³/mol. The second kappa shape index (κ2) is 6.27. The molecule has 4 unspecified atom stereocenters. The van der Waals surface area contributed by atoms with Gasteiger partial charge in [0.15, 0.2) is 0 Å². The average Bonchev–Trinajstić information content (AvgIpc) is 2.76. The van der Waals surface area contributed by atoms with E-state index in [2.05, 4.69) is 37.0 Å². The summed E-state index contributed by atoms with van der Waals surface area (Å²) < 4.78 is 5.63. The van der Waals surface area contributed by atoms with E-state index in [9.17, 15) is 5.26 Å². The topological polar surface area (TPSA) is 45.0 Å². The lowest BCUT2D eigenvalue weighted by molar-refractivity contribution is 0.127. The maximum atomic E-state index is 9.46. The molecule has 1 aliphatic heterocycles. The number of rotatable bonds is 4. The van der Waals surface area contributed by atoms with Crippen molar-refractivity contribution in [2.45, 2.75) is 68.1 Å². The summed E-state index contributed by atoms with van der Waals surface area (Å²) in [4.78, 5) is 0. The van der Waals surface area contributed by atoms with E-state index in [0.717, 1.165) is 26.0 Å². The van der Waals surface area contributed by atoms with Gasteiger partial charge in [-0.15, -0.1) is 0 Å². The Hall–Kier alpha value is -0.240. The molecule has 2 fully saturated rings. The summed E-state index contributed by atoms with van der Waals surface area (Å²) in [5.41, 5.74) is -0.270. The van der Waals surface area contributed by atoms with E-state index >= 15 is 0 Å². The molecule has 4 atom stereocenters. The van der Waals surface area contributed by atoms with E-state index in [0.29, 0.717) is 16.6 Å². The van der Waals surface area contributed by atoms with Gasteiger partial charge in [0.25, 0.3) is 0 Å². The van der Waals surface area contributed by atoms with E-state index in [4.69, 9.17) is 4.74 Å². The van der Waals surface area contributed by atoms with Crippen molar-refractivity contribution in [1.29, 1.82) is 5.26 Å². The van der Waals surface area contributed by atoms with Gasteiger partial charge >= 0.3 is 0 Å². The zero-order valence-corrected chi connectivity index (χ0v) is 12.3. The van der Waals surface area contributed by atoms with Crippen molar-refractivity contribution in [3.8, 4) is 6.07 Å². The van der Waals surface area contributed by atoms with Crippen molar-refractivity contribution in [2.24, 2.45) is 0 Å². The molecule has 0 amide bonds. The molecule has 4 heteroatoms. The lowest BCUT2D eigenvalue weighted by atomic mass is 9.82. The van der Waals surface area contributed by atoms with Gasteiger partial charge in [-0.2, -0.15) is 17.0 Å². The third kappa shape index (κ3) is 3.20. The molecule has 2 rings (SSSR count). The molecule has 0 aromatic carbocycles. The Bertz CT molecular complexity index is 313. The molecule has 0 radical (unpaired) electrons. The molecule has 102 valence electrons. The zero-order valence-electron chi connectivity index (χ0n) is 11.4. The smallest absolute Gasteiger partial charge is 0.107 e. The van der Waals surface area contributed by atoms with Gasteiger partial charge in [0, 0.05) is 17.1 Å².